The minimum atomic E-state index is -1.13. The number of amides is 2. The van der Waals surface area contributed by atoms with E-state index in [1.54, 1.807) is 29.2 Å². The molecule has 0 spiro atoms. The summed E-state index contributed by atoms with van der Waals surface area (Å²) in [7, 11) is 0. The van der Waals surface area contributed by atoms with Gasteiger partial charge in [0.05, 0.1) is 0 Å². The third kappa shape index (κ3) is 4.53. The van der Waals surface area contributed by atoms with Crippen LogP contribution in [0.2, 0.25) is 5.02 Å². The molecule has 25 heavy (non-hydrogen) atoms. The molecule has 0 saturated carbocycles. The minimum Gasteiger partial charge on any atom is -0.378 e. The highest BCUT2D eigenvalue weighted by Gasteiger charge is 2.28. The number of aliphatic hydroxyl groups excluding tert-OH is 1. The van der Waals surface area contributed by atoms with Gasteiger partial charge in [-0.2, -0.15) is 0 Å². The molecule has 0 aliphatic carbocycles. The number of rotatable bonds is 5. The Hall–Kier alpha value is -1.59. The van der Waals surface area contributed by atoms with Crippen LogP contribution in [0.25, 0.3) is 0 Å². The van der Waals surface area contributed by atoms with E-state index in [0.29, 0.717) is 36.0 Å². The highest BCUT2D eigenvalue weighted by Crippen LogP contribution is 2.25. The molecule has 5 nitrogen and oxygen atoms in total. The first kappa shape index (κ1) is 18.2. The van der Waals surface area contributed by atoms with Crippen molar-refractivity contribution in [1.82, 2.24) is 9.80 Å². The number of carbonyl (C=O) groups is 2. The number of halogens is 1. The first-order valence-corrected chi connectivity index (χ1v) is 9.42. The van der Waals surface area contributed by atoms with E-state index in [1.807, 2.05) is 4.90 Å². The topological polar surface area (TPSA) is 60.9 Å². The number of benzene rings is 1. The third-order valence-electron chi connectivity index (χ3n) is 5.32. The van der Waals surface area contributed by atoms with Gasteiger partial charge in [0.25, 0.3) is 5.91 Å². The molecule has 2 fully saturated rings. The van der Waals surface area contributed by atoms with Crippen LogP contribution in [0, 0.1) is 5.92 Å². The summed E-state index contributed by atoms with van der Waals surface area (Å²) in [4.78, 5) is 27.9. The highest BCUT2D eigenvalue weighted by molar-refractivity contribution is 6.30. The number of hydrogen-bond donors (Lipinski definition) is 1. The fraction of sp³-hybridized carbons (Fsp3) is 0.579. The van der Waals surface area contributed by atoms with Crippen LogP contribution in [0.3, 0.4) is 0 Å². The Morgan fingerprint density at radius 2 is 1.88 bits per heavy atom. The number of likely N-dealkylation sites (tertiary alicyclic amines) is 2. The monoisotopic (exact) mass is 364 g/mol. The van der Waals surface area contributed by atoms with E-state index >= 15 is 0 Å². The van der Waals surface area contributed by atoms with Crippen molar-refractivity contribution in [2.75, 3.05) is 26.2 Å². The molecule has 3 rings (SSSR count). The Kier molecular flexibility index (Phi) is 5.97. The van der Waals surface area contributed by atoms with Crippen LogP contribution in [0.4, 0.5) is 0 Å². The zero-order valence-electron chi connectivity index (χ0n) is 14.4. The van der Waals surface area contributed by atoms with E-state index in [1.165, 1.54) is 0 Å². The third-order valence-corrected chi connectivity index (χ3v) is 5.58. The van der Waals surface area contributed by atoms with Crippen LogP contribution >= 0.6 is 11.6 Å². The van der Waals surface area contributed by atoms with Crippen molar-refractivity contribution in [3.63, 3.8) is 0 Å². The van der Waals surface area contributed by atoms with E-state index in [-0.39, 0.29) is 11.8 Å². The Morgan fingerprint density at radius 3 is 2.48 bits per heavy atom. The number of piperidine rings is 1. The van der Waals surface area contributed by atoms with E-state index in [9.17, 15) is 14.7 Å². The van der Waals surface area contributed by atoms with Crippen LogP contribution in [-0.4, -0.2) is 52.9 Å². The van der Waals surface area contributed by atoms with E-state index < -0.39 is 6.10 Å². The number of aliphatic hydroxyl groups is 1. The Morgan fingerprint density at radius 1 is 1.20 bits per heavy atom. The minimum absolute atomic E-state index is 0.240. The maximum Gasteiger partial charge on any atom is 0.256 e. The van der Waals surface area contributed by atoms with Crippen molar-refractivity contribution in [2.24, 2.45) is 5.92 Å². The van der Waals surface area contributed by atoms with Gasteiger partial charge >= 0.3 is 0 Å². The van der Waals surface area contributed by atoms with E-state index in [0.717, 1.165) is 38.8 Å². The molecule has 136 valence electrons. The molecule has 2 aliphatic heterocycles. The molecule has 2 heterocycles. The SMILES string of the molecule is O=C1CCCN1CCC1CCN(C(=O)C(O)c2ccc(Cl)cc2)CC1. The molecular weight excluding hydrogens is 340 g/mol. The van der Waals surface area contributed by atoms with Crippen molar-refractivity contribution in [3.8, 4) is 0 Å². The Labute approximate surface area is 153 Å². The molecule has 2 saturated heterocycles. The smallest absolute Gasteiger partial charge is 0.256 e. The molecule has 1 unspecified atom stereocenters. The molecule has 0 aromatic heterocycles. The van der Waals surface area contributed by atoms with E-state index in [4.69, 9.17) is 11.6 Å². The predicted molar refractivity (Wildman–Crippen MR) is 96.1 cm³/mol. The maximum atomic E-state index is 12.5. The van der Waals surface area contributed by atoms with Crippen molar-refractivity contribution in [1.29, 1.82) is 0 Å². The van der Waals surface area contributed by atoms with Gasteiger partial charge in [-0.15, -0.1) is 0 Å². The molecule has 0 bridgehead atoms. The van der Waals surface area contributed by atoms with Gasteiger partial charge in [0.2, 0.25) is 5.91 Å². The first-order valence-electron chi connectivity index (χ1n) is 9.04. The van der Waals surface area contributed by atoms with E-state index in [2.05, 4.69) is 0 Å². The molecule has 2 aliphatic rings. The van der Waals surface area contributed by atoms with Crippen LogP contribution in [0.15, 0.2) is 24.3 Å². The average molecular weight is 365 g/mol. The lowest BCUT2D eigenvalue weighted by molar-refractivity contribution is -0.142. The van der Waals surface area contributed by atoms with Crippen molar-refractivity contribution in [3.05, 3.63) is 34.9 Å². The zero-order valence-corrected chi connectivity index (χ0v) is 15.1. The normalized spacial score (nSPS) is 20.2. The summed E-state index contributed by atoms with van der Waals surface area (Å²) in [6.07, 6.45) is 3.41. The molecule has 1 aromatic carbocycles. The second kappa shape index (κ2) is 8.19. The summed E-state index contributed by atoms with van der Waals surface area (Å²) in [5, 5.41) is 10.9. The van der Waals surface area contributed by atoms with Crippen LogP contribution in [0.5, 0.6) is 0 Å². The number of hydrogen-bond acceptors (Lipinski definition) is 3. The fourth-order valence-electron chi connectivity index (χ4n) is 3.68. The maximum absolute atomic E-state index is 12.5. The van der Waals surface area contributed by atoms with Gasteiger partial charge in [-0.25, -0.2) is 0 Å². The molecule has 0 radical (unpaired) electrons. The summed E-state index contributed by atoms with van der Waals surface area (Å²) in [6, 6.07) is 6.73. The Bertz CT molecular complexity index is 612. The lowest BCUT2D eigenvalue weighted by atomic mass is 9.93. The second-order valence-corrected chi connectivity index (χ2v) is 7.43. The summed E-state index contributed by atoms with van der Waals surface area (Å²) >= 11 is 5.84. The lowest BCUT2D eigenvalue weighted by Crippen LogP contribution is -2.41. The predicted octanol–water partition coefficient (Wildman–Crippen LogP) is 2.62. The largest absolute Gasteiger partial charge is 0.378 e. The summed E-state index contributed by atoms with van der Waals surface area (Å²) in [5.41, 5.74) is 0.573. The first-order chi connectivity index (χ1) is 12.0. The molecule has 1 atom stereocenters. The quantitative estimate of drug-likeness (QED) is 0.873. The van der Waals surface area contributed by atoms with Gasteiger partial charge in [-0.1, -0.05) is 23.7 Å². The average Bonchev–Trinajstić information content (AvgIpc) is 3.05. The lowest BCUT2D eigenvalue weighted by Gasteiger charge is -2.34. The molecule has 1 N–H and O–H groups in total. The summed E-state index contributed by atoms with van der Waals surface area (Å²) < 4.78 is 0. The molecule has 2 amide bonds. The van der Waals surface area contributed by atoms with Gasteiger partial charge in [-0.05, 0) is 49.3 Å². The number of nitrogens with zero attached hydrogens (tertiary/aromatic N) is 2. The van der Waals surface area contributed by atoms with Gasteiger partial charge in [-0.3, -0.25) is 9.59 Å². The van der Waals surface area contributed by atoms with Gasteiger partial charge in [0.15, 0.2) is 6.10 Å². The molecule has 1 aromatic rings. The van der Waals surface area contributed by atoms with Crippen LogP contribution in [0.1, 0.15) is 43.8 Å². The summed E-state index contributed by atoms with van der Waals surface area (Å²) in [6.45, 7) is 3.07. The Balaban J connectivity index is 1.45. The molecular formula is C19H25ClN2O3. The summed E-state index contributed by atoms with van der Waals surface area (Å²) in [5.74, 6) is 0.583. The van der Waals surface area contributed by atoms with Gasteiger partial charge < -0.3 is 14.9 Å². The highest BCUT2D eigenvalue weighted by atomic mass is 35.5. The van der Waals surface area contributed by atoms with Crippen molar-refractivity contribution < 1.29 is 14.7 Å². The van der Waals surface area contributed by atoms with Gasteiger partial charge in [0, 0.05) is 37.6 Å². The van der Waals surface area contributed by atoms with Crippen LogP contribution < -0.4 is 0 Å². The van der Waals surface area contributed by atoms with Crippen LogP contribution in [-0.2, 0) is 9.59 Å². The standard InChI is InChI=1S/C19H25ClN2O3/c20-16-5-3-15(4-6-16)18(24)19(25)22-12-8-14(9-13-22)7-11-21-10-1-2-17(21)23/h3-6,14,18,24H,1-2,7-13H2. The number of carbonyl (C=O) groups excluding carboxylic acids is 2. The van der Waals surface area contributed by atoms with Crippen molar-refractivity contribution in [2.45, 2.75) is 38.2 Å². The van der Waals surface area contributed by atoms with Crippen molar-refractivity contribution >= 4 is 23.4 Å². The zero-order chi connectivity index (χ0) is 17.8. The fourth-order valence-corrected chi connectivity index (χ4v) is 3.81. The van der Waals surface area contributed by atoms with Gasteiger partial charge in [0.1, 0.15) is 0 Å². The molecule has 6 heteroatoms. The second-order valence-electron chi connectivity index (χ2n) is 7.00.